The molecule has 0 saturated heterocycles. The van der Waals surface area contributed by atoms with Crippen LogP contribution in [0.3, 0.4) is 0 Å². The minimum atomic E-state index is -0.369. The van der Waals surface area contributed by atoms with Gasteiger partial charge in [0.15, 0.2) is 0 Å². The molecule has 1 aromatic carbocycles. The second kappa shape index (κ2) is 11.9. The molecule has 0 spiro atoms. The quantitative estimate of drug-likeness (QED) is 0.486. The molecule has 37 heavy (non-hydrogen) atoms. The average molecular weight is 504 g/mol. The number of aliphatic hydroxyl groups is 1. The molecule has 0 saturated carbocycles. The van der Waals surface area contributed by atoms with E-state index in [1.807, 2.05) is 26.1 Å². The highest BCUT2D eigenvalue weighted by atomic mass is 16.5. The second-order valence-corrected chi connectivity index (χ2v) is 9.58. The monoisotopic (exact) mass is 503 g/mol. The van der Waals surface area contributed by atoms with Gasteiger partial charge in [-0.3, -0.25) is 24.5 Å². The van der Waals surface area contributed by atoms with Gasteiger partial charge in [-0.05, 0) is 62.0 Å². The lowest BCUT2D eigenvalue weighted by molar-refractivity contribution is 0.0341. The van der Waals surface area contributed by atoms with Crippen LogP contribution in [0.2, 0.25) is 0 Å². The number of ether oxygens (including phenoxy) is 1. The van der Waals surface area contributed by atoms with Gasteiger partial charge in [-0.25, -0.2) is 0 Å². The maximum atomic E-state index is 13.6. The number of aliphatic hydroxyl groups excluding tert-OH is 1. The van der Waals surface area contributed by atoms with E-state index in [0.717, 1.165) is 12.1 Å². The van der Waals surface area contributed by atoms with Gasteiger partial charge in [0.05, 0.1) is 18.2 Å². The number of carbonyl (C=O) groups excluding carboxylic acids is 2. The Morgan fingerprint density at radius 3 is 2.51 bits per heavy atom. The Morgan fingerprint density at radius 2 is 1.84 bits per heavy atom. The van der Waals surface area contributed by atoms with Crippen LogP contribution >= 0.6 is 0 Å². The number of fused-ring (bicyclic) bond motifs is 1. The standard InChI is InChI=1S/C28H33N5O4/c1-19-15-33(20(2)18-34)28(36)24-14-23(31-27(35)22-8-12-30-13-9-22)4-5-25(24)37-26(19)17-32(3)16-21-6-10-29-11-7-21/h4-14,19-20,26,34H,15-18H2,1-3H3,(H,31,35)/t19-,20+,26-/m0/s1. The molecule has 3 atom stereocenters. The topological polar surface area (TPSA) is 108 Å². The molecule has 9 nitrogen and oxygen atoms in total. The predicted octanol–water partition coefficient (Wildman–Crippen LogP) is 3.08. The van der Waals surface area contributed by atoms with E-state index in [-0.39, 0.29) is 36.5 Å². The smallest absolute Gasteiger partial charge is 0.258 e. The number of nitrogens with zero attached hydrogens (tertiary/aromatic N) is 4. The van der Waals surface area contributed by atoms with E-state index in [0.29, 0.717) is 35.7 Å². The van der Waals surface area contributed by atoms with Gasteiger partial charge in [-0.2, -0.15) is 0 Å². The second-order valence-electron chi connectivity index (χ2n) is 9.58. The predicted molar refractivity (Wildman–Crippen MR) is 140 cm³/mol. The first-order chi connectivity index (χ1) is 17.9. The van der Waals surface area contributed by atoms with Crippen molar-refractivity contribution in [3.05, 3.63) is 83.9 Å². The zero-order valence-corrected chi connectivity index (χ0v) is 21.4. The summed E-state index contributed by atoms with van der Waals surface area (Å²) in [5, 5.41) is 12.7. The first kappa shape index (κ1) is 26.2. The van der Waals surface area contributed by atoms with Gasteiger partial charge < -0.3 is 20.1 Å². The molecule has 2 aromatic heterocycles. The van der Waals surface area contributed by atoms with Crippen molar-refractivity contribution in [3.8, 4) is 5.75 Å². The zero-order valence-electron chi connectivity index (χ0n) is 21.4. The highest BCUT2D eigenvalue weighted by Crippen LogP contribution is 2.31. The summed E-state index contributed by atoms with van der Waals surface area (Å²) in [6.45, 7) is 5.54. The third-order valence-corrected chi connectivity index (χ3v) is 6.56. The first-order valence-corrected chi connectivity index (χ1v) is 12.4. The lowest BCUT2D eigenvalue weighted by Crippen LogP contribution is -2.49. The Kier molecular flexibility index (Phi) is 8.47. The number of aromatic nitrogens is 2. The third-order valence-electron chi connectivity index (χ3n) is 6.56. The van der Waals surface area contributed by atoms with E-state index in [1.165, 1.54) is 0 Å². The molecule has 3 heterocycles. The summed E-state index contributed by atoms with van der Waals surface area (Å²) in [5.74, 6) is -0.0775. The number of rotatable bonds is 8. The fourth-order valence-electron chi connectivity index (χ4n) is 4.40. The maximum absolute atomic E-state index is 13.6. The SMILES string of the molecule is C[C@H](CO)N1C[C@H](C)[C@H](CN(C)Cc2ccncc2)Oc2ccc(NC(=O)c3ccncc3)cc2C1=O. The Bertz CT molecular complexity index is 1210. The minimum Gasteiger partial charge on any atom is -0.488 e. The molecule has 1 aliphatic rings. The van der Waals surface area contributed by atoms with Crippen molar-refractivity contribution in [2.24, 2.45) is 5.92 Å². The highest BCUT2D eigenvalue weighted by Gasteiger charge is 2.33. The normalized spacial score (nSPS) is 18.4. The maximum Gasteiger partial charge on any atom is 0.258 e. The number of nitrogens with one attached hydrogen (secondary N) is 1. The number of hydrogen-bond donors (Lipinski definition) is 2. The first-order valence-electron chi connectivity index (χ1n) is 12.4. The summed E-state index contributed by atoms with van der Waals surface area (Å²) >= 11 is 0. The molecule has 9 heteroatoms. The van der Waals surface area contributed by atoms with Gasteiger partial charge in [0.1, 0.15) is 11.9 Å². The van der Waals surface area contributed by atoms with Gasteiger partial charge in [-0.1, -0.05) is 6.92 Å². The van der Waals surface area contributed by atoms with Gasteiger partial charge in [-0.15, -0.1) is 0 Å². The summed E-state index contributed by atoms with van der Waals surface area (Å²) in [7, 11) is 2.03. The van der Waals surface area contributed by atoms with Crippen molar-refractivity contribution in [1.82, 2.24) is 19.8 Å². The molecule has 0 radical (unpaired) electrons. The summed E-state index contributed by atoms with van der Waals surface area (Å²) in [5.41, 5.74) is 2.44. The molecule has 194 valence electrons. The van der Waals surface area contributed by atoms with E-state index in [2.05, 4.69) is 27.1 Å². The van der Waals surface area contributed by atoms with Crippen LogP contribution in [-0.4, -0.2) is 75.6 Å². The number of carbonyl (C=O) groups is 2. The minimum absolute atomic E-state index is 0.0112. The zero-order chi connectivity index (χ0) is 26.4. The lowest BCUT2D eigenvalue weighted by Gasteiger charge is -2.38. The van der Waals surface area contributed by atoms with Crippen LogP contribution in [-0.2, 0) is 6.54 Å². The lowest BCUT2D eigenvalue weighted by atomic mass is 9.99. The molecule has 3 aromatic rings. The van der Waals surface area contributed by atoms with Crippen molar-refractivity contribution in [1.29, 1.82) is 0 Å². The number of amides is 2. The van der Waals surface area contributed by atoms with Gasteiger partial charge in [0.25, 0.3) is 11.8 Å². The summed E-state index contributed by atoms with van der Waals surface area (Å²) < 4.78 is 6.45. The molecular weight excluding hydrogens is 470 g/mol. The van der Waals surface area contributed by atoms with E-state index in [4.69, 9.17) is 4.74 Å². The number of benzene rings is 1. The summed E-state index contributed by atoms with van der Waals surface area (Å²) in [4.78, 5) is 38.2. The van der Waals surface area contributed by atoms with E-state index in [9.17, 15) is 14.7 Å². The van der Waals surface area contributed by atoms with Crippen LogP contribution in [0.5, 0.6) is 5.75 Å². The molecule has 0 bridgehead atoms. The molecule has 0 unspecified atom stereocenters. The van der Waals surface area contributed by atoms with Crippen LogP contribution in [0.1, 0.15) is 40.1 Å². The van der Waals surface area contributed by atoms with Crippen LogP contribution in [0.4, 0.5) is 5.69 Å². The number of hydrogen-bond acceptors (Lipinski definition) is 7. The number of likely N-dealkylation sites (N-methyl/N-ethyl adjacent to an activating group) is 1. The van der Waals surface area contributed by atoms with Gasteiger partial charge in [0.2, 0.25) is 0 Å². The van der Waals surface area contributed by atoms with Crippen LogP contribution in [0, 0.1) is 5.92 Å². The van der Waals surface area contributed by atoms with Gasteiger partial charge in [0, 0.05) is 61.6 Å². The molecular formula is C28H33N5O4. The number of pyridine rings is 2. The molecule has 2 N–H and O–H groups in total. The Morgan fingerprint density at radius 1 is 1.16 bits per heavy atom. The fraction of sp³-hybridized carbons (Fsp3) is 0.357. The van der Waals surface area contributed by atoms with Crippen molar-refractivity contribution >= 4 is 17.5 Å². The molecule has 0 fully saturated rings. The van der Waals surface area contributed by atoms with Crippen LogP contribution in [0.15, 0.2) is 67.3 Å². The summed E-state index contributed by atoms with van der Waals surface area (Å²) in [6.07, 6.45) is 6.45. The highest BCUT2D eigenvalue weighted by molar-refractivity contribution is 6.05. The Balaban J connectivity index is 1.60. The molecule has 0 aliphatic carbocycles. The van der Waals surface area contributed by atoms with E-state index >= 15 is 0 Å². The average Bonchev–Trinajstić information content (AvgIpc) is 2.91. The van der Waals surface area contributed by atoms with Crippen molar-refractivity contribution in [3.63, 3.8) is 0 Å². The van der Waals surface area contributed by atoms with Crippen LogP contribution < -0.4 is 10.1 Å². The van der Waals surface area contributed by atoms with Crippen molar-refractivity contribution < 1.29 is 19.4 Å². The van der Waals surface area contributed by atoms with Crippen molar-refractivity contribution in [2.45, 2.75) is 32.5 Å². The Hall–Kier alpha value is -3.82. The molecule has 2 amide bonds. The van der Waals surface area contributed by atoms with E-state index < -0.39 is 0 Å². The van der Waals surface area contributed by atoms with E-state index in [1.54, 1.807) is 60.0 Å². The fourth-order valence-corrected chi connectivity index (χ4v) is 4.40. The third kappa shape index (κ3) is 6.49. The van der Waals surface area contributed by atoms with Crippen molar-refractivity contribution in [2.75, 3.05) is 32.1 Å². The van der Waals surface area contributed by atoms with Gasteiger partial charge >= 0.3 is 0 Å². The molecule has 1 aliphatic heterocycles. The number of anilines is 1. The molecule has 4 rings (SSSR count). The summed E-state index contributed by atoms with van der Waals surface area (Å²) in [6, 6.07) is 11.9. The Labute approximate surface area is 217 Å². The largest absolute Gasteiger partial charge is 0.488 e. The van der Waals surface area contributed by atoms with Crippen LogP contribution in [0.25, 0.3) is 0 Å².